The van der Waals surface area contributed by atoms with Gasteiger partial charge in [-0.2, -0.15) is 123 Å². The number of aliphatic carboxylic acids is 2. The van der Waals surface area contributed by atoms with Crippen molar-refractivity contribution in [3.63, 3.8) is 0 Å². The fourth-order valence-electron chi connectivity index (χ4n) is 2.00. The molecule has 0 unspecified atom stereocenters. The van der Waals surface area contributed by atoms with Gasteiger partial charge in [0.05, 0.1) is 0 Å². The molecule has 0 amide bonds. The van der Waals surface area contributed by atoms with E-state index in [9.17, 15) is 133 Å². The van der Waals surface area contributed by atoms with Crippen LogP contribution in [0.2, 0.25) is 0 Å². The molecule has 0 rings (SSSR count). The number of carbonyl (C=O) groups is 2. The van der Waals surface area contributed by atoms with Crippen LogP contribution >= 0.6 is 0 Å². The molecule has 4 nitrogen and oxygen atoms in total. The summed E-state index contributed by atoms with van der Waals surface area (Å²) in [5.41, 5.74) is 0. The maximum absolute atomic E-state index is 12.8. The third kappa shape index (κ3) is 6.19. The maximum Gasteiger partial charge on any atom is 0.460 e. The predicted molar refractivity (Wildman–Crippen MR) is 81.8 cm³/mol. The van der Waals surface area contributed by atoms with Gasteiger partial charge in [-0.25, -0.2) is 9.59 Å². The van der Waals surface area contributed by atoms with Gasteiger partial charge in [-0.3, -0.25) is 0 Å². The second-order valence-electron chi connectivity index (χ2n) is 7.92. The minimum absolute atomic E-state index is 4.15. The standard InChI is InChI=1S/C8HF15O2.C7HF13O2/c9-2(10,1(24)25)3(11,12)4(13,14)5(15,16)6(17,18)7(19,20)8(21,22)23;8-2(9,1(21)22)3(10,11)4(12,13)5(14,15)6(16,17)7(18,19)20/h(H,24,25);(H,21,22). The average Bonchev–Trinajstić information content (AvgIpc) is 2.81. The van der Waals surface area contributed by atoms with E-state index in [2.05, 4.69) is 0 Å². The van der Waals surface area contributed by atoms with Crippen LogP contribution in [0.25, 0.3) is 0 Å². The molecule has 0 aromatic carbocycles. The van der Waals surface area contributed by atoms with Crippen molar-refractivity contribution in [2.75, 3.05) is 0 Å². The fraction of sp³-hybridized carbons (Fsp3) is 0.867. The lowest BCUT2D eigenvalue weighted by molar-refractivity contribution is -0.450. The first-order chi connectivity index (χ1) is 19.6. The molecule has 47 heavy (non-hydrogen) atoms. The van der Waals surface area contributed by atoms with Crippen LogP contribution in [0.5, 0.6) is 0 Å². The van der Waals surface area contributed by atoms with Crippen molar-refractivity contribution in [2.45, 2.75) is 77.5 Å². The smallest absolute Gasteiger partial charge is 0.460 e. The van der Waals surface area contributed by atoms with E-state index < -0.39 is 89.4 Å². The third-order valence-electron chi connectivity index (χ3n) is 4.80. The zero-order chi connectivity index (χ0) is 39.7. The van der Waals surface area contributed by atoms with Gasteiger partial charge in [0.15, 0.2) is 0 Å². The molecule has 0 heterocycles. The van der Waals surface area contributed by atoms with Crippen LogP contribution in [0, 0.1) is 0 Å². The quantitative estimate of drug-likeness (QED) is 0.208. The summed E-state index contributed by atoms with van der Waals surface area (Å²) in [5, 5.41) is 15.1. The van der Waals surface area contributed by atoms with E-state index in [1.165, 1.54) is 0 Å². The van der Waals surface area contributed by atoms with Crippen LogP contribution in [0.4, 0.5) is 123 Å². The molecule has 0 saturated carbocycles. The molecule has 0 radical (unpaired) electrons. The number of hydrogen-bond donors (Lipinski definition) is 2. The first-order valence-corrected chi connectivity index (χ1v) is 9.40. The van der Waals surface area contributed by atoms with Gasteiger partial charge in [0.1, 0.15) is 0 Å². The SMILES string of the molecule is O=C(O)C(F)(F)C(F)(F)C(F)(F)C(F)(F)C(F)(F)C(F)(F)C(F)(F)F.O=C(O)C(F)(F)C(F)(F)C(F)(F)C(F)(F)C(F)(F)C(F)(F)F. The highest BCUT2D eigenvalue weighted by Crippen LogP contribution is 2.63. The minimum Gasteiger partial charge on any atom is -0.477 e. The molecule has 0 bridgehead atoms. The summed E-state index contributed by atoms with van der Waals surface area (Å²) in [6.45, 7) is 0. The monoisotopic (exact) mass is 778 g/mol. The van der Waals surface area contributed by atoms with Crippen LogP contribution in [0.1, 0.15) is 0 Å². The lowest BCUT2D eigenvalue weighted by Crippen LogP contribution is -2.73. The first-order valence-electron chi connectivity index (χ1n) is 9.40. The van der Waals surface area contributed by atoms with Crippen molar-refractivity contribution in [3.8, 4) is 0 Å². The van der Waals surface area contributed by atoms with Crippen LogP contribution in [-0.2, 0) is 9.59 Å². The van der Waals surface area contributed by atoms with E-state index in [1.807, 2.05) is 0 Å². The van der Waals surface area contributed by atoms with Crippen LogP contribution in [0.3, 0.4) is 0 Å². The van der Waals surface area contributed by atoms with E-state index in [1.54, 1.807) is 0 Å². The molecule has 0 spiro atoms. The van der Waals surface area contributed by atoms with E-state index in [0.717, 1.165) is 0 Å². The minimum atomic E-state index is -8.47. The van der Waals surface area contributed by atoms with Gasteiger partial charge in [-0.05, 0) is 0 Å². The van der Waals surface area contributed by atoms with Crippen LogP contribution in [-0.4, -0.2) is 99.7 Å². The summed E-state index contributed by atoms with van der Waals surface area (Å²) >= 11 is 0. The predicted octanol–water partition coefficient (Wildman–Crippen LogP) is 8.25. The molecule has 2 N–H and O–H groups in total. The van der Waals surface area contributed by atoms with Gasteiger partial charge in [-0.1, -0.05) is 0 Å². The molecule has 0 aliphatic rings. The summed E-state index contributed by atoms with van der Waals surface area (Å²) in [6, 6.07) is 0. The molecule has 0 aromatic rings. The largest absolute Gasteiger partial charge is 0.477 e. The molecule has 0 aromatic heterocycles. The Balaban J connectivity index is 0. The molecule has 0 aliphatic carbocycles. The van der Waals surface area contributed by atoms with Crippen molar-refractivity contribution in [3.05, 3.63) is 0 Å². The number of alkyl halides is 28. The molecule has 0 aliphatic heterocycles. The number of rotatable bonds is 11. The summed E-state index contributed by atoms with van der Waals surface area (Å²) in [7, 11) is 0. The second kappa shape index (κ2) is 11.6. The summed E-state index contributed by atoms with van der Waals surface area (Å²) in [4.78, 5) is 19.4. The average molecular weight is 778 g/mol. The summed E-state index contributed by atoms with van der Waals surface area (Å²) in [6.07, 6.45) is -15.2. The fourth-order valence-corrected chi connectivity index (χ4v) is 2.00. The second-order valence-corrected chi connectivity index (χ2v) is 7.92. The van der Waals surface area contributed by atoms with Crippen molar-refractivity contribution in [2.24, 2.45) is 0 Å². The van der Waals surface area contributed by atoms with Gasteiger partial charge in [-0.15, -0.1) is 0 Å². The number of hydrogen-bond acceptors (Lipinski definition) is 2. The van der Waals surface area contributed by atoms with Crippen molar-refractivity contribution in [1.29, 1.82) is 0 Å². The van der Waals surface area contributed by atoms with Crippen LogP contribution < -0.4 is 0 Å². The van der Waals surface area contributed by atoms with E-state index in [-0.39, 0.29) is 0 Å². The normalized spacial score (nSPS) is 16.0. The number of carboxylic acids is 2. The Labute approximate surface area is 233 Å². The Morgan fingerprint density at radius 1 is 0.255 bits per heavy atom. The lowest BCUT2D eigenvalue weighted by Gasteiger charge is -2.40. The molecule has 32 heteroatoms. The summed E-state index contributed by atoms with van der Waals surface area (Å²) in [5.74, 6) is -95.8. The highest BCUT2D eigenvalue weighted by atomic mass is 19.4. The number of halogens is 28. The zero-order valence-corrected chi connectivity index (χ0v) is 19.8. The van der Waals surface area contributed by atoms with E-state index in [4.69, 9.17) is 10.2 Å². The van der Waals surface area contributed by atoms with Crippen molar-refractivity contribution >= 4 is 11.9 Å². The van der Waals surface area contributed by atoms with Gasteiger partial charge in [0.2, 0.25) is 0 Å². The Morgan fingerprint density at radius 2 is 0.383 bits per heavy atom. The molecule has 0 fully saturated rings. The topological polar surface area (TPSA) is 74.6 Å². The third-order valence-corrected chi connectivity index (χ3v) is 4.80. The molecular weight excluding hydrogens is 776 g/mol. The number of carboxylic acid groups (broad SMARTS) is 2. The van der Waals surface area contributed by atoms with Gasteiger partial charge in [0.25, 0.3) is 0 Å². The van der Waals surface area contributed by atoms with Gasteiger partial charge >= 0.3 is 89.4 Å². The highest BCUT2D eigenvalue weighted by Gasteiger charge is 2.95. The Bertz CT molecular complexity index is 1160. The van der Waals surface area contributed by atoms with Gasteiger partial charge < -0.3 is 10.2 Å². The Hall–Kier alpha value is -3.02. The molecular formula is C15H2F28O4. The molecule has 282 valence electrons. The van der Waals surface area contributed by atoms with Crippen molar-refractivity contribution < 1.29 is 143 Å². The zero-order valence-electron chi connectivity index (χ0n) is 19.8. The maximum atomic E-state index is 12.8. The van der Waals surface area contributed by atoms with Crippen molar-refractivity contribution in [1.82, 2.24) is 0 Å². The van der Waals surface area contributed by atoms with Crippen LogP contribution in [0.15, 0.2) is 0 Å². The Kier molecular flexibility index (Phi) is 11.3. The lowest BCUT2D eigenvalue weighted by atomic mass is 9.91. The van der Waals surface area contributed by atoms with Gasteiger partial charge in [0, 0.05) is 0 Å². The molecule has 0 saturated heterocycles. The van der Waals surface area contributed by atoms with E-state index in [0.29, 0.717) is 0 Å². The van der Waals surface area contributed by atoms with E-state index >= 15 is 0 Å². The molecule has 0 atom stereocenters. The highest BCUT2D eigenvalue weighted by molar-refractivity contribution is 5.77. The summed E-state index contributed by atoms with van der Waals surface area (Å²) < 4.78 is 346. The Morgan fingerprint density at radius 3 is 0.511 bits per heavy atom. The first kappa shape index (κ1) is 46.1.